The minimum absolute atomic E-state index is 0.556. The Bertz CT molecular complexity index is 894. The lowest BCUT2D eigenvalue weighted by Gasteiger charge is -2.15. The van der Waals surface area contributed by atoms with Crippen LogP contribution in [0, 0.1) is 0 Å². The minimum atomic E-state index is 0.556. The second-order valence-electron chi connectivity index (χ2n) is 6.49. The van der Waals surface area contributed by atoms with Gasteiger partial charge in [-0.1, -0.05) is 12.5 Å². The summed E-state index contributed by atoms with van der Waals surface area (Å²) in [6.45, 7) is 4.32. The highest BCUT2D eigenvalue weighted by Gasteiger charge is 2.17. The maximum absolute atomic E-state index is 5.52. The molecule has 7 heteroatoms. The first-order valence-corrected chi connectivity index (χ1v) is 10.3. The molecule has 0 aliphatic heterocycles. The van der Waals surface area contributed by atoms with Gasteiger partial charge >= 0.3 is 0 Å². The van der Waals surface area contributed by atoms with Crippen LogP contribution in [0.3, 0.4) is 0 Å². The molecule has 150 valence electrons. The lowest BCUT2D eigenvalue weighted by molar-refractivity contribution is 0.324. The van der Waals surface area contributed by atoms with Crippen molar-refractivity contribution in [3.05, 3.63) is 35.0 Å². The quantitative estimate of drug-likeness (QED) is 0.642. The minimum Gasteiger partial charge on any atom is -0.493 e. The van der Waals surface area contributed by atoms with Crippen LogP contribution in [0.25, 0.3) is 11.3 Å². The molecule has 1 saturated carbocycles. The summed E-state index contributed by atoms with van der Waals surface area (Å²) in [6, 6.07) is 3.89. The summed E-state index contributed by atoms with van der Waals surface area (Å²) in [5.41, 5.74) is 3.11. The Kier molecular flexibility index (Phi) is 6.92. The van der Waals surface area contributed by atoms with Gasteiger partial charge in [0.15, 0.2) is 11.5 Å². The maximum atomic E-state index is 5.52. The van der Waals surface area contributed by atoms with E-state index in [0.717, 1.165) is 28.9 Å². The van der Waals surface area contributed by atoms with Crippen molar-refractivity contribution >= 4 is 17.0 Å². The van der Waals surface area contributed by atoms with E-state index < -0.39 is 0 Å². The van der Waals surface area contributed by atoms with E-state index in [2.05, 4.69) is 17.0 Å². The standard InChI is InChI=1S/C21H27N3O3S/c1-5-11-22-21-24(23-16-9-7-6-8-10-16)17(14-28-21)15-12-18(25-2)20(27-4)19(13-15)26-3/h5,12-14H,1,6-11H2,2-4H3. The molecule has 1 aliphatic carbocycles. The zero-order valence-corrected chi connectivity index (χ0v) is 17.6. The van der Waals surface area contributed by atoms with Crippen molar-refractivity contribution < 1.29 is 14.2 Å². The molecule has 0 N–H and O–H groups in total. The average Bonchev–Trinajstić information content (AvgIpc) is 3.14. The zero-order valence-electron chi connectivity index (χ0n) is 16.7. The van der Waals surface area contributed by atoms with Gasteiger partial charge in [-0.3, -0.25) is 4.99 Å². The molecule has 0 bridgehead atoms. The topological polar surface area (TPSA) is 57.3 Å². The van der Waals surface area contributed by atoms with Crippen molar-refractivity contribution in [2.45, 2.75) is 32.1 Å². The van der Waals surface area contributed by atoms with E-state index in [1.54, 1.807) is 38.7 Å². The molecule has 0 saturated heterocycles. The van der Waals surface area contributed by atoms with Crippen molar-refractivity contribution in [3.63, 3.8) is 0 Å². The number of benzene rings is 1. The molecule has 2 aromatic rings. The predicted molar refractivity (Wildman–Crippen MR) is 114 cm³/mol. The van der Waals surface area contributed by atoms with Crippen LogP contribution in [0.1, 0.15) is 32.1 Å². The molecule has 0 atom stereocenters. The van der Waals surface area contributed by atoms with E-state index in [4.69, 9.17) is 19.3 Å². The molecular weight excluding hydrogens is 374 g/mol. The van der Waals surface area contributed by atoms with Gasteiger partial charge in [-0.2, -0.15) is 5.10 Å². The molecule has 1 aromatic heterocycles. The van der Waals surface area contributed by atoms with E-state index in [-0.39, 0.29) is 0 Å². The van der Waals surface area contributed by atoms with Crippen molar-refractivity contribution in [1.82, 2.24) is 4.68 Å². The molecular formula is C21H27N3O3S. The van der Waals surface area contributed by atoms with Crippen LogP contribution in [0.15, 0.2) is 40.3 Å². The fourth-order valence-electron chi connectivity index (χ4n) is 3.28. The van der Waals surface area contributed by atoms with Crippen molar-refractivity contribution in [2.75, 3.05) is 27.9 Å². The van der Waals surface area contributed by atoms with Gasteiger partial charge in [-0.25, -0.2) is 4.68 Å². The number of nitrogens with zero attached hydrogens (tertiary/aromatic N) is 3. The van der Waals surface area contributed by atoms with Crippen molar-refractivity contribution in [3.8, 4) is 28.5 Å². The number of methoxy groups -OCH3 is 3. The van der Waals surface area contributed by atoms with Gasteiger partial charge in [0.25, 0.3) is 0 Å². The second kappa shape index (κ2) is 9.59. The lowest BCUT2D eigenvalue weighted by atomic mass is 9.99. The Morgan fingerprint density at radius 3 is 2.32 bits per heavy atom. The normalized spacial score (nSPS) is 14.7. The fourth-order valence-corrected chi connectivity index (χ4v) is 4.12. The third-order valence-electron chi connectivity index (χ3n) is 4.67. The smallest absolute Gasteiger partial charge is 0.206 e. The molecule has 1 aliphatic rings. The number of thiazole rings is 1. The summed E-state index contributed by atoms with van der Waals surface area (Å²) >= 11 is 1.56. The van der Waals surface area contributed by atoms with E-state index in [0.29, 0.717) is 23.8 Å². The van der Waals surface area contributed by atoms with E-state index in [1.807, 2.05) is 16.8 Å². The maximum Gasteiger partial charge on any atom is 0.206 e. The Morgan fingerprint density at radius 2 is 1.75 bits per heavy atom. The van der Waals surface area contributed by atoms with Crippen LogP contribution in [-0.2, 0) is 0 Å². The summed E-state index contributed by atoms with van der Waals surface area (Å²) in [5, 5.41) is 7.03. The predicted octanol–water partition coefficient (Wildman–Crippen LogP) is 4.50. The van der Waals surface area contributed by atoms with Crippen LogP contribution in [-0.4, -0.2) is 38.3 Å². The van der Waals surface area contributed by atoms with Crippen LogP contribution < -0.4 is 19.0 Å². The van der Waals surface area contributed by atoms with Crippen LogP contribution in [0.2, 0.25) is 0 Å². The molecule has 1 aromatic carbocycles. The SMILES string of the molecule is C=CCN=c1scc(-c2cc(OC)c(OC)c(OC)c2)n1N=C1CCCCC1. The summed E-state index contributed by atoms with van der Waals surface area (Å²) in [7, 11) is 4.85. The van der Waals surface area contributed by atoms with Gasteiger partial charge in [0.1, 0.15) is 0 Å². The second-order valence-corrected chi connectivity index (χ2v) is 7.32. The summed E-state index contributed by atoms with van der Waals surface area (Å²) in [4.78, 5) is 5.47. The van der Waals surface area contributed by atoms with Gasteiger partial charge in [0.2, 0.25) is 10.6 Å². The largest absolute Gasteiger partial charge is 0.493 e. The Hall–Kier alpha value is -2.54. The summed E-state index contributed by atoms with van der Waals surface area (Å²) < 4.78 is 18.4. The molecule has 3 rings (SSSR count). The van der Waals surface area contributed by atoms with Gasteiger partial charge in [0.05, 0.1) is 33.6 Å². The fraction of sp³-hybridized carbons (Fsp3) is 0.429. The molecule has 28 heavy (non-hydrogen) atoms. The van der Waals surface area contributed by atoms with E-state index in [1.165, 1.54) is 25.0 Å². The van der Waals surface area contributed by atoms with Gasteiger partial charge < -0.3 is 14.2 Å². The molecule has 0 unspecified atom stereocenters. The van der Waals surface area contributed by atoms with E-state index >= 15 is 0 Å². The average molecular weight is 402 g/mol. The number of rotatable bonds is 7. The first-order valence-electron chi connectivity index (χ1n) is 9.40. The molecule has 0 spiro atoms. The highest BCUT2D eigenvalue weighted by molar-refractivity contribution is 7.07. The van der Waals surface area contributed by atoms with Crippen LogP contribution >= 0.6 is 11.3 Å². The van der Waals surface area contributed by atoms with Gasteiger partial charge in [-0.05, 0) is 37.8 Å². The Morgan fingerprint density at radius 1 is 1.07 bits per heavy atom. The Balaban J connectivity index is 2.16. The number of ether oxygens (including phenoxy) is 3. The highest BCUT2D eigenvalue weighted by atomic mass is 32.1. The number of hydrogen-bond acceptors (Lipinski definition) is 6. The van der Waals surface area contributed by atoms with Crippen molar-refractivity contribution in [1.29, 1.82) is 0 Å². The molecule has 0 radical (unpaired) electrons. The first kappa shape index (κ1) is 20.2. The van der Waals surface area contributed by atoms with Gasteiger partial charge in [0, 0.05) is 16.7 Å². The third-order valence-corrected chi connectivity index (χ3v) is 5.53. The van der Waals surface area contributed by atoms with Crippen LogP contribution in [0.4, 0.5) is 0 Å². The van der Waals surface area contributed by atoms with Crippen LogP contribution in [0.5, 0.6) is 17.2 Å². The monoisotopic (exact) mass is 401 g/mol. The molecule has 1 fully saturated rings. The van der Waals surface area contributed by atoms with Gasteiger partial charge in [-0.15, -0.1) is 17.9 Å². The molecule has 1 heterocycles. The zero-order chi connectivity index (χ0) is 19.9. The van der Waals surface area contributed by atoms with E-state index in [9.17, 15) is 0 Å². The Labute approximate surface area is 169 Å². The number of aromatic nitrogens is 1. The lowest BCUT2D eigenvalue weighted by Crippen LogP contribution is -2.16. The third kappa shape index (κ3) is 4.30. The first-order chi connectivity index (χ1) is 13.7. The highest BCUT2D eigenvalue weighted by Crippen LogP contribution is 2.41. The number of hydrogen-bond donors (Lipinski definition) is 0. The summed E-state index contributed by atoms with van der Waals surface area (Å²) in [6.07, 6.45) is 7.54. The summed E-state index contributed by atoms with van der Waals surface area (Å²) in [5.74, 6) is 1.81. The molecule has 0 amide bonds. The van der Waals surface area contributed by atoms with Crippen molar-refractivity contribution in [2.24, 2.45) is 10.1 Å². The molecule has 6 nitrogen and oxygen atoms in total.